The van der Waals surface area contributed by atoms with E-state index in [1.807, 2.05) is 6.07 Å². The van der Waals surface area contributed by atoms with E-state index < -0.39 is 0 Å². The van der Waals surface area contributed by atoms with Crippen LogP contribution in [0.25, 0.3) is 0 Å². The highest BCUT2D eigenvalue weighted by atomic mass is 35.5. The number of hydrogen-bond acceptors (Lipinski definition) is 3. The number of fused-ring (bicyclic) bond motifs is 1. The Balaban J connectivity index is 1.66. The molecule has 0 amide bonds. The predicted octanol–water partition coefficient (Wildman–Crippen LogP) is 2.00. The minimum atomic E-state index is 0.684. The summed E-state index contributed by atoms with van der Waals surface area (Å²) in [5.41, 5.74) is 1.28. The summed E-state index contributed by atoms with van der Waals surface area (Å²) < 4.78 is 5.26. The molecule has 1 aromatic rings. The van der Waals surface area contributed by atoms with Crippen LogP contribution in [0.1, 0.15) is 5.56 Å². The summed E-state index contributed by atoms with van der Waals surface area (Å²) in [6, 6.07) is 6.07. The average Bonchev–Trinajstić information content (AvgIpc) is 2.92. The topological polar surface area (TPSA) is 24.5 Å². The molecule has 3 nitrogen and oxygen atoms in total. The van der Waals surface area contributed by atoms with Gasteiger partial charge in [0.1, 0.15) is 5.75 Å². The molecule has 98 valence electrons. The second-order valence-corrected chi connectivity index (χ2v) is 5.75. The molecule has 18 heavy (non-hydrogen) atoms. The van der Waals surface area contributed by atoms with Gasteiger partial charge in [-0.05, 0) is 42.6 Å². The second-order valence-electron chi connectivity index (χ2n) is 5.34. The highest BCUT2D eigenvalue weighted by Crippen LogP contribution is 2.29. The minimum Gasteiger partial charge on any atom is -0.495 e. The molecule has 0 spiro atoms. The minimum absolute atomic E-state index is 0.684. The van der Waals surface area contributed by atoms with Crippen molar-refractivity contribution in [2.75, 3.05) is 33.3 Å². The Morgan fingerprint density at radius 3 is 2.72 bits per heavy atom. The van der Waals surface area contributed by atoms with Gasteiger partial charge < -0.3 is 10.1 Å². The SMILES string of the molecule is COc1cc(CN2CC3CNCC3C2)ccc1Cl. The number of benzene rings is 1. The Morgan fingerprint density at radius 1 is 1.33 bits per heavy atom. The van der Waals surface area contributed by atoms with E-state index in [2.05, 4.69) is 22.3 Å². The highest BCUT2D eigenvalue weighted by Gasteiger charge is 2.35. The van der Waals surface area contributed by atoms with Gasteiger partial charge >= 0.3 is 0 Å². The third-order valence-corrected chi connectivity index (χ3v) is 4.40. The molecular formula is C14H19ClN2O. The van der Waals surface area contributed by atoms with E-state index in [1.54, 1.807) is 7.11 Å². The molecule has 1 N–H and O–H groups in total. The smallest absolute Gasteiger partial charge is 0.137 e. The van der Waals surface area contributed by atoms with Crippen molar-refractivity contribution in [3.05, 3.63) is 28.8 Å². The van der Waals surface area contributed by atoms with E-state index in [9.17, 15) is 0 Å². The number of rotatable bonds is 3. The van der Waals surface area contributed by atoms with Crippen LogP contribution in [-0.2, 0) is 6.54 Å². The first-order valence-corrected chi connectivity index (χ1v) is 6.89. The molecule has 0 saturated carbocycles. The van der Waals surface area contributed by atoms with Crippen molar-refractivity contribution in [2.24, 2.45) is 11.8 Å². The molecule has 2 saturated heterocycles. The lowest BCUT2D eigenvalue weighted by Crippen LogP contribution is -2.25. The Labute approximate surface area is 113 Å². The number of nitrogens with one attached hydrogen (secondary N) is 1. The molecule has 0 aromatic heterocycles. The number of hydrogen-bond donors (Lipinski definition) is 1. The zero-order valence-electron chi connectivity index (χ0n) is 10.7. The van der Waals surface area contributed by atoms with Crippen LogP contribution in [0.2, 0.25) is 5.02 Å². The Morgan fingerprint density at radius 2 is 2.06 bits per heavy atom. The van der Waals surface area contributed by atoms with Gasteiger partial charge in [0.05, 0.1) is 12.1 Å². The van der Waals surface area contributed by atoms with Crippen LogP contribution in [0.3, 0.4) is 0 Å². The molecule has 2 heterocycles. The van der Waals surface area contributed by atoms with Crippen LogP contribution in [0.15, 0.2) is 18.2 Å². The third kappa shape index (κ3) is 2.35. The van der Waals surface area contributed by atoms with Crippen LogP contribution in [0, 0.1) is 11.8 Å². The molecule has 0 radical (unpaired) electrons. The van der Waals surface area contributed by atoms with Crippen molar-refractivity contribution in [3.63, 3.8) is 0 Å². The van der Waals surface area contributed by atoms with Crippen molar-refractivity contribution in [3.8, 4) is 5.75 Å². The molecule has 2 aliphatic heterocycles. The standard InChI is InChI=1S/C14H19ClN2O/c1-18-14-4-10(2-3-13(14)15)7-17-8-11-5-16-6-12(11)9-17/h2-4,11-12,16H,5-9H2,1H3. The second kappa shape index (κ2) is 5.08. The zero-order valence-corrected chi connectivity index (χ0v) is 11.4. The van der Waals surface area contributed by atoms with Crippen LogP contribution in [0.5, 0.6) is 5.75 Å². The third-order valence-electron chi connectivity index (χ3n) is 4.09. The van der Waals surface area contributed by atoms with Gasteiger partial charge in [0.15, 0.2) is 0 Å². The molecule has 2 unspecified atom stereocenters. The van der Waals surface area contributed by atoms with Crippen molar-refractivity contribution in [1.29, 1.82) is 0 Å². The monoisotopic (exact) mass is 266 g/mol. The molecule has 0 aliphatic carbocycles. The highest BCUT2D eigenvalue weighted by molar-refractivity contribution is 6.32. The number of likely N-dealkylation sites (tertiary alicyclic amines) is 1. The maximum Gasteiger partial charge on any atom is 0.137 e. The van der Waals surface area contributed by atoms with E-state index in [1.165, 1.54) is 31.7 Å². The fraction of sp³-hybridized carbons (Fsp3) is 0.571. The summed E-state index contributed by atoms with van der Waals surface area (Å²) in [4.78, 5) is 2.54. The van der Waals surface area contributed by atoms with Gasteiger partial charge in [-0.15, -0.1) is 0 Å². The van der Waals surface area contributed by atoms with Gasteiger partial charge in [-0.2, -0.15) is 0 Å². The van der Waals surface area contributed by atoms with Crippen molar-refractivity contribution in [1.82, 2.24) is 10.2 Å². The Bertz CT molecular complexity index is 426. The first-order valence-electron chi connectivity index (χ1n) is 6.52. The maximum absolute atomic E-state index is 6.04. The first-order chi connectivity index (χ1) is 8.76. The summed E-state index contributed by atoms with van der Waals surface area (Å²) >= 11 is 6.04. The van der Waals surface area contributed by atoms with Crippen LogP contribution in [0.4, 0.5) is 0 Å². The van der Waals surface area contributed by atoms with E-state index in [4.69, 9.17) is 16.3 Å². The van der Waals surface area contributed by atoms with E-state index in [-0.39, 0.29) is 0 Å². The molecular weight excluding hydrogens is 248 g/mol. The lowest BCUT2D eigenvalue weighted by molar-refractivity contribution is 0.305. The van der Waals surface area contributed by atoms with E-state index >= 15 is 0 Å². The van der Waals surface area contributed by atoms with E-state index in [0.717, 1.165) is 24.1 Å². The average molecular weight is 267 g/mol. The van der Waals surface area contributed by atoms with Gasteiger partial charge in [-0.3, -0.25) is 4.90 Å². The summed E-state index contributed by atoms with van der Waals surface area (Å²) in [7, 11) is 1.66. The normalized spacial score (nSPS) is 27.4. The quantitative estimate of drug-likeness (QED) is 0.906. The lowest BCUT2D eigenvalue weighted by Gasteiger charge is -2.17. The maximum atomic E-state index is 6.04. The van der Waals surface area contributed by atoms with Gasteiger partial charge in [0.2, 0.25) is 0 Å². The van der Waals surface area contributed by atoms with Crippen LogP contribution in [-0.4, -0.2) is 38.2 Å². The summed E-state index contributed by atoms with van der Waals surface area (Å²) in [5, 5.41) is 4.15. The lowest BCUT2D eigenvalue weighted by atomic mass is 10.0. The molecule has 2 aliphatic rings. The first kappa shape index (κ1) is 12.3. The zero-order chi connectivity index (χ0) is 12.5. The predicted molar refractivity (Wildman–Crippen MR) is 73.1 cm³/mol. The summed E-state index contributed by atoms with van der Waals surface area (Å²) in [6.07, 6.45) is 0. The van der Waals surface area contributed by atoms with Gasteiger partial charge in [0.25, 0.3) is 0 Å². The Hall–Kier alpha value is -0.770. The molecule has 4 heteroatoms. The molecule has 2 fully saturated rings. The molecule has 1 aromatic carbocycles. The molecule has 2 atom stereocenters. The van der Waals surface area contributed by atoms with Crippen molar-refractivity contribution < 1.29 is 4.74 Å². The number of methoxy groups -OCH3 is 1. The van der Waals surface area contributed by atoms with Crippen molar-refractivity contribution >= 4 is 11.6 Å². The van der Waals surface area contributed by atoms with Crippen LogP contribution >= 0.6 is 11.6 Å². The van der Waals surface area contributed by atoms with Gasteiger partial charge in [-0.25, -0.2) is 0 Å². The molecule has 3 rings (SSSR count). The van der Waals surface area contributed by atoms with Gasteiger partial charge in [0, 0.05) is 19.6 Å². The fourth-order valence-corrected chi connectivity index (χ4v) is 3.34. The Kier molecular flexibility index (Phi) is 3.46. The largest absolute Gasteiger partial charge is 0.495 e. The number of halogens is 1. The van der Waals surface area contributed by atoms with Gasteiger partial charge in [-0.1, -0.05) is 17.7 Å². The fourth-order valence-electron chi connectivity index (χ4n) is 3.14. The number of nitrogens with zero attached hydrogens (tertiary/aromatic N) is 1. The van der Waals surface area contributed by atoms with Crippen molar-refractivity contribution in [2.45, 2.75) is 6.54 Å². The molecule has 0 bridgehead atoms. The summed E-state index contributed by atoms with van der Waals surface area (Å²) in [5.74, 6) is 2.47. The van der Waals surface area contributed by atoms with E-state index in [0.29, 0.717) is 5.02 Å². The number of ether oxygens (including phenoxy) is 1. The summed E-state index contributed by atoms with van der Waals surface area (Å²) in [6.45, 7) is 5.79. The van der Waals surface area contributed by atoms with Crippen LogP contribution < -0.4 is 10.1 Å².